The minimum atomic E-state index is -4.85. The summed E-state index contributed by atoms with van der Waals surface area (Å²) in [5, 5.41) is 0. The molecule has 0 spiro atoms. The molecule has 0 unspecified atom stereocenters. The summed E-state index contributed by atoms with van der Waals surface area (Å²) in [6, 6.07) is 4.71. The Morgan fingerprint density at radius 2 is 2.06 bits per heavy atom. The lowest BCUT2D eigenvalue weighted by atomic mass is 10.0. The third-order valence-electron chi connectivity index (χ3n) is 2.72. The Morgan fingerprint density at radius 3 is 2.71 bits per heavy atom. The number of carbonyl (C=O) groups is 1. The molecule has 92 valence electrons. The van der Waals surface area contributed by atoms with E-state index in [4.69, 9.17) is 5.73 Å². The van der Waals surface area contributed by atoms with E-state index in [1.54, 1.807) is 12.1 Å². The van der Waals surface area contributed by atoms with Crippen molar-refractivity contribution in [1.82, 2.24) is 0 Å². The van der Waals surface area contributed by atoms with Crippen molar-refractivity contribution in [1.29, 1.82) is 0 Å². The lowest BCUT2D eigenvalue weighted by Gasteiger charge is -2.30. The smallest absolute Gasteiger partial charge is 0.399 e. The van der Waals surface area contributed by atoms with E-state index in [0.717, 1.165) is 10.5 Å². The van der Waals surface area contributed by atoms with Gasteiger partial charge in [-0.1, -0.05) is 6.07 Å². The number of nitrogen functional groups attached to an aromatic ring is 1. The van der Waals surface area contributed by atoms with Crippen LogP contribution >= 0.6 is 0 Å². The molecule has 17 heavy (non-hydrogen) atoms. The second-order valence-electron chi connectivity index (χ2n) is 3.95. The van der Waals surface area contributed by atoms with Crippen molar-refractivity contribution in [2.24, 2.45) is 0 Å². The number of nitrogens with two attached hydrogens (primary N) is 1. The topological polar surface area (TPSA) is 46.3 Å². The minimum absolute atomic E-state index is 0.0782. The Labute approximate surface area is 96.0 Å². The number of aryl methyl sites for hydroxylation is 1. The Bertz CT molecular complexity index is 457. The molecule has 0 atom stereocenters. The van der Waals surface area contributed by atoms with E-state index in [9.17, 15) is 18.0 Å². The van der Waals surface area contributed by atoms with Crippen molar-refractivity contribution in [3.05, 3.63) is 23.8 Å². The predicted molar refractivity (Wildman–Crippen MR) is 57.6 cm³/mol. The van der Waals surface area contributed by atoms with E-state index in [1.807, 2.05) is 0 Å². The lowest BCUT2D eigenvalue weighted by molar-refractivity contribution is -0.170. The normalized spacial score (nSPS) is 15.6. The molecule has 1 aromatic carbocycles. The summed E-state index contributed by atoms with van der Waals surface area (Å²) in [6.45, 7) is 0.0782. The van der Waals surface area contributed by atoms with Crippen LogP contribution in [0.5, 0.6) is 0 Å². The van der Waals surface area contributed by atoms with Gasteiger partial charge in [0.05, 0.1) is 0 Å². The molecule has 1 aromatic rings. The second-order valence-corrected chi connectivity index (χ2v) is 3.95. The van der Waals surface area contributed by atoms with Crippen molar-refractivity contribution in [2.75, 3.05) is 17.2 Å². The summed E-state index contributed by atoms with van der Waals surface area (Å²) in [7, 11) is 0. The molecule has 0 saturated heterocycles. The third-order valence-corrected chi connectivity index (χ3v) is 2.72. The SMILES string of the molecule is Nc1ccc2c(c1)N(C(=O)C(F)(F)F)CCC2. The van der Waals surface area contributed by atoms with Crippen LogP contribution in [-0.2, 0) is 11.2 Å². The maximum Gasteiger partial charge on any atom is 0.471 e. The first-order valence-electron chi connectivity index (χ1n) is 5.16. The van der Waals surface area contributed by atoms with E-state index >= 15 is 0 Å². The number of amides is 1. The number of hydrogen-bond acceptors (Lipinski definition) is 2. The van der Waals surface area contributed by atoms with Gasteiger partial charge in [0.2, 0.25) is 0 Å². The maximum absolute atomic E-state index is 12.4. The maximum atomic E-state index is 12.4. The Morgan fingerprint density at radius 1 is 1.35 bits per heavy atom. The number of fused-ring (bicyclic) bond motifs is 1. The van der Waals surface area contributed by atoms with E-state index in [1.165, 1.54) is 6.07 Å². The van der Waals surface area contributed by atoms with Crippen LogP contribution in [0.1, 0.15) is 12.0 Å². The molecule has 0 radical (unpaired) electrons. The molecule has 3 nitrogen and oxygen atoms in total. The van der Waals surface area contributed by atoms with Crippen molar-refractivity contribution >= 4 is 17.3 Å². The van der Waals surface area contributed by atoms with Gasteiger partial charge >= 0.3 is 12.1 Å². The van der Waals surface area contributed by atoms with Crippen LogP contribution in [0.3, 0.4) is 0 Å². The molecule has 0 fully saturated rings. The van der Waals surface area contributed by atoms with Crippen LogP contribution in [0.2, 0.25) is 0 Å². The van der Waals surface area contributed by atoms with Crippen LogP contribution in [0.15, 0.2) is 18.2 Å². The standard InChI is InChI=1S/C11H11F3N2O/c12-11(13,14)10(17)16-5-1-2-7-3-4-8(15)6-9(7)16/h3-4,6H,1-2,5,15H2. The van der Waals surface area contributed by atoms with Gasteiger partial charge in [0.15, 0.2) is 0 Å². The van der Waals surface area contributed by atoms with Gasteiger partial charge in [-0.25, -0.2) is 0 Å². The highest BCUT2D eigenvalue weighted by molar-refractivity contribution is 5.98. The summed E-state index contributed by atoms with van der Waals surface area (Å²) >= 11 is 0. The van der Waals surface area contributed by atoms with Gasteiger partial charge in [0.25, 0.3) is 0 Å². The molecule has 2 rings (SSSR count). The van der Waals surface area contributed by atoms with Gasteiger partial charge in [0.1, 0.15) is 0 Å². The summed E-state index contributed by atoms with van der Waals surface area (Å²) < 4.78 is 37.2. The number of anilines is 2. The van der Waals surface area contributed by atoms with E-state index < -0.39 is 12.1 Å². The number of carbonyl (C=O) groups excluding carboxylic acids is 1. The summed E-state index contributed by atoms with van der Waals surface area (Å²) in [5.41, 5.74) is 6.89. The molecule has 0 bridgehead atoms. The molecule has 2 N–H and O–H groups in total. The second kappa shape index (κ2) is 3.94. The Balaban J connectivity index is 2.41. The first-order chi connectivity index (χ1) is 7.89. The molecule has 0 aliphatic carbocycles. The van der Waals surface area contributed by atoms with Crippen LogP contribution in [0.25, 0.3) is 0 Å². The van der Waals surface area contributed by atoms with Crippen molar-refractivity contribution in [3.8, 4) is 0 Å². The Kier molecular flexibility index (Phi) is 2.73. The summed E-state index contributed by atoms with van der Waals surface area (Å²) in [6.07, 6.45) is -3.66. The molecule has 1 aliphatic heterocycles. The highest BCUT2D eigenvalue weighted by Gasteiger charge is 2.43. The molecular weight excluding hydrogens is 233 g/mol. The van der Waals surface area contributed by atoms with Gasteiger partial charge in [0, 0.05) is 17.9 Å². The number of benzene rings is 1. The monoisotopic (exact) mass is 244 g/mol. The molecule has 1 amide bonds. The number of nitrogens with zero attached hydrogens (tertiary/aromatic N) is 1. The van der Waals surface area contributed by atoms with Crippen LogP contribution in [0.4, 0.5) is 24.5 Å². The van der Waals surface area contributed by atoms with Crippen molar-refractivity contribution < 1.29 is 18.0 Å². The molecule has 1 aliphatic rings. The average molecular weight is 244 g/mol. The molecule has 1 heterocycles. The van der Waals surface area contributed by atoms with Crippen LogP contribution in [0, 0.1) is 0 Å². The largest absolute Gasteiger partial charge is 0.471 e. The van der Waals surface area contributed by atoms with Gasteiger partial charge in [-0.3, -0.25) is 4.79 Å². The van der Waals surface area contributed by atoms with Crippen LogP contribution < -0.4 is 10.6 Å². The van der Waals surface area contributed by atoms with Gasteiger partial charge in [-0.2, -0.15) is 13.2 Å². The van der Waals surface area contributed by atoms with E-state index in [2.05, 4.69) is 0 Å². The quantitative estimate of drug-likeness (QED) is 0.710. The zero-order valence-corrected chi connectivity index (χ0v) is 8.92. The number of rotatable bonds is 0. The van der Waals surface area contributed by atoms with Gasteiger partial charge in [-0.05, 0) is 30.5 Å². The molecular formula is C11H11F3N2O. The number of alkyl halides is 3. The first-order valence-corrected chi connectivity index (χ1v) is 5.16. The Hall–Kier alpha value is -1.72. The van der Waals surface area contributed by atoms with Crippen LogP contribution in [-0.4, -0.2) is 18.6 Å². The fraction of sp³-hybridized carbons (Fsp3) is 0.364. The summed E-state index contributed by atoms with van der Waals surface area (Å²) in [5.74, 6) is -1.83. The number of hydrogen-bond donors (Lipinski definition) is 1. The summed E-state index contributed by atoms with van der Waals surface area (Å²) in [4.78, 5) is 12.0. The van der Waals surface area contributed by atoms with Gasteiger partial charge in [-0.15, -0.1) is 0 Å². The average Bonchev–Trinajstić information content (AvgIpc) is 2.26. The van der Waals surface area contributed by atoms with E-state index in [0.29, 0.717) is 18.5 Å². The predicted octanol–water partition coefficient (Wildman–Crippen LogP) is 2.11. The molecule has 0 saturated carbocycles. The zero-order valence-electron chi connectivity index (χ0n) is 8.92. The third kappa shape index (κ3) is 2.20. The van der Waals surface area contributed by atoms with Crippen molar-refractivity contribution in [2.45, 2.75) is 19.0 Å². The fourth-order valence-corrected chi connectivity index (χ4v) is 1.96. The highest BCUT2D eigenvalue weighted by atomic mass is 19.4. The lowest BCUT2D eigenvalue weighted by Crippen LogP contribution is -2.43. The molecule has 6 heteroatoms. The van der Waals surface area contributed by atoms with Crippen molar-refractivity contribution in [3.63, 3.8) is 0 Å². The minimum Gasteiger partial charge on any atom is -0.399 e. The van der Waals surface area contributed by atoms with E-state index in [-0.39, 0.29) is 12.2 Å². The van der Waals surface area contributed by atoms with Gasteiger partial charge < -0.3 is 10.6 Å². The highest BCUT2D eigenvalue weighted by Crippen LogP contribution is 2.32. The first kappa shape index (κ1) is 11.8. The molecule has 0 aromatic heterocycles. The number of halogens is 3. The zero-order chi connectivity index (χ0) is 12.6. The fourth-order valence-electron chi connectivity index (χ4n) is 1.96.